The zero-order valence-electron chi connectivity index (χ0n) is 13.0. The molecule has 24 heavy (non-hydrogen) atoms. The van der Waals surface area contributed by atoms with Crippen molar-refractivity contribution < 1.29 is 4.79 Å². The highest BCUT2D eigenvalue weighted by Gasteiger charge is 2.05. The van der Waals surface area contributed by atoms with Crippen LogP contribution in [-0.2, 0) is 0 Å². The number of carbonyl (C=O) groups is 1. The Bertz CT molecular complexity index is 956. The van der Waals surface area contributed by atoms with Crippen molar-refractivity contribution in [3.63, 3.8) is 0 Å². The van der Waals surface area contributed by atoms with Gasteiger partial charge in [-0.2, -0.15) is 0 Å². The van der Waals surface area contributed by atoms with Gasteiger partial charge in [0.2, 0.25) is 0 Å². The van der Waals surface area contributed by atoms with Crippen LogP contribution in [0.25, 0.3) is 11.1 Å². The minimum absolute atomic E-state index is 0.115. The molecule has 0 amide bonds. The minimum Gasteiger partial charge on any atom is -0.296 e. The van der Waals surface area contributed by atoms with Crippen LogP contribution in [0.15, 0.2) is 54.6 Å². The molecule has 0 saturated carbocycles. The van der Waals surface area contributed by atoms with Crippen molar-refractivity contribution in [2.75, 3.05) is 0 Å². The van der Waals surface area contributed by atoms with E-state index in [1.807, 2.05) is 37.3 Å². The van der Waals surface area contributed by atoms with Crippen molar-refractivity contribution in [1.29, 1.82) is 0 Å². The molecule has 0 radical (unpaired) electrons. The topological polar surface area (TPSA) is 42.9 Å². The second kappa shape index (κ2) is 7.08. The summed E-state index contributed by atoms with van der Waals surface area (Å²) in [5.41, 5.74) is 4.84. The number of hydrogen-bond donors (Lipinski definition) is 0. The molecule has 1 heterocycles. The van der Waals surface area contributed by atoms with Gasteiger partial charge < -0.3 is 0 Å². The highest BCUT2D eigenvalue weighted by atomic mass is 35.5. The molecule has 0 saturated heterocycles. The van der Waals surface area contributed by atoms with E-state index in [9.17, 15) is 4.79 Å². The molecule has 3 rings (SSSR count). The molecular formula is C20H13ClN2O. The lowest BCUT2D eigenvalue weighted by atomic mass is 9.97. The van der Waals surface area contributed by atoms with Crippen LogP contribution in [0.2, 0.25) is 5.02 Å². The van der Waals surface area contributed by atoms with Crippen LogP contribution in [0.3, 0.4) is 0 Å². The van der Waals surface area contributed by atoms with Gasteiger partial charge in [0, 0.05) is 5.56 Å². The lowest BCUT2D eigenvalue weighted by molar-refractivity contribution is 0.111. The van der Waals surface area contributed by atoms with E-state index in [1.165, 1.54) is 0 Å². The Hall–Kier alpha value is -2.96. The van der Waals surface area contributed by atoms with Crippen LogP contribution in [0.1, 0.15) is 27.3 Å². The first-order chi connectivity index (χ1) is 11.7. The molecule has 0 unspecified atom stereocenters. The van der Waals surface area contributed by atoms with Crippen molar-refractivity contribution in [2.45, 2.75) is 6.92 Å². The van der Waals surface area contributed by atoms with Gasteiger partial charge in [-0.3, -0.25) is 4.79 Å². The standard InChI is InChI=1S/C20H13ClN2O/c1-14-15(8-5-9-18(14)16-6-3-2-4-7-16)10-11-17-12-19(21)20(13-24)23-22-17/h2-9,12-13H,1H3. The lowest BCUT2D eigenvalue weighted by Crippen LogP contribution is -1.95. The highest BCUT2D eigenvalue weighted by Crippen LogP contribution is 2.25. The van der Waals surface area contributed by atoms with Crippen molar-refractivity contribution in [2.24, 2.45) is 0 Å². The molecule has 1 aromatic heterocycles. The summed E-state index contributed by atoms with van der Waals surface area (Å²) in [6, 6.07) is 17.7. The van der Waals surface area contributed by atoms with Gasteiger partial charge in [0.25, 0.3) is 0 Å². The monoisotopic (exact) mass is 332 g/mol. The fraction of sp³-hybridized carbons (Fsp3) is 0.0500. The van der Waals surface area contributed by atoms with Gasteiger partial charge >= 0.3 is 0 Å². The minimum atomic E-state index is 0.115. The summed E-state index contributed by atoms with van der Waals surface area (Å²) in [5, 5.41) is 7.89. The van der Waals surface area contributed by atoms with Gasteiger partial charge in [0.05, 0.1) is 5.02 Å². The lowest BCUT2D eigenvalue weighted by Gasteiger charge is -2.07. The maximum Gasteiger partial charge on any atom is 0.171 e. The molecule has 0 fully saturated rings. The average molecular weight is 333 g/mol. The van der Waals surface area contributed by atoms with E-state index >= 15 is 0 Å². The highest BCUT2D eigenvalue weighted by molar-refractivity contribution is 6.32. The Labute approximate surface area is 145 Å². The third-order valence-corrected chi connectivity index (χ3v) is 3.93. The second-order valence-corrected chi connectivity index (χ2v) is 5.58. The third kappa shape index (κ3) is 3.34. The van der Waals surface area contributed by atoms with Crippen LogP contribution < -0.4 is 0 Å². The maximum absolute atomic E-state index is 10.7. The number of aromatic nitrogens is 2. The number of nitrogens with zero attached hydrogens (tertiary/aromatic N) is 2. The smallest absolute Gasteiger partial charge is 0.171 e. The van der Waals surface area contributed by atoms with Gasteiger partial charge in [0.15, 0.2) is 6.29 Å². The van der Waals surface area contributed by atoms with Gasteiger partial charge in [-0.15, -0.1) is 10.2 Å². The van der Waals surface area contributed by atoms with E-state index in [-0.39, 0.29) is 10.7 Å². The number of carbonyl (C=O) groups excluding carboxylic acids is 1. The molecule has 0 spiro atoms. The molecule has 4 heteroatoms. The van der Waals surface area contributed by atoms with Gasteiger partial charge in [-0.25, -0.2) is 0 Å². The number of benzene rings is 2. The Morgan fingerprint density at radius 1 is 1.00 bits per heavy atom. The van der Waals surface area contributed by atoms with Crippen LogP contribution in [0.4, 0.5) is 0 Å². The number of aldehydes is 1. The van der Waals surface area contributed by atoms with Crippen molar-refractivity contribution in [1.82, 2.24) is 10.2 Å². The molecule has 116 valence electrons. The summed E-state index contributed by atoms with van der Waals surface area (Å²) in [5.74, 6) is 6.05. The van der Waals surface area contributed by atoms with Crippen LogP contribution in [-0.4, -0.2) is 16.5 Å². The van der Waals surface area contributed by atoms with E-state index in [0.29, 0.717) is 12.0 Å². The predicted molar refractivity (Wildman–Crippen MR) is 95.0 cm³/mol. The zero-order valence-corrected chi connectivity index (χ0v) is 13.7. The summed E-state index contributed by atoms with van der Waals surface area (Å²) in [6.07, 6.45) is 0.569. The van der Waals surface area contributed by atoms with Crippen molar-refractivity contribution in [3.8, 4) is 23.0 Å². The molecule has 3 nitrogen and oxygen atoms in total. The molecular weight excluding hydrogens is 320 g/mol. The van der Waals surface area contributed by atoms with Crippen LogP contribution in [0, 0.1) is 18.8 Å². The Morgan fingerprint density at radius 3 is 2.50 bits per heavy atom. The van der Waals surface area contributed by atoms with Crippen molar-refractivity contribution in [3.05, 3.63) is 82.1 Å². The molecule has 0 N–H and O–H groups in total. The molecule has 0 aliphatic carbocycles. The molecule has 0 aliphatic rings. The zero-order chi connectivity index (χ0) is 16.9. The van der Waals surface area contributed by atoms with Gasteiger partial charge in [0.1, 0.15) is 11.4 Å². The fourth-order valence-electron chi connectivity index (χ4n) is 2.35. The second-order valence-electron chi connectivity index (χ2n) is 5.17. The number of hydrogen-bond acceptors (Lipinski definition) is 3. The first kappa shape index (κ1) is 15.9. The molecule has 0 aliphatic heterocycles. The summed E-state index contributed by atoms with van der Waals surface area (Å²) in [4.78, 5) is 10.7. The largest absolute Gasteiger partial charge is 0.296 e. The number of rotatable bonds is 2. The van der Waals surface area contributed by atoms with E-state index in [4.69, 9.17) is 11.6 Å². The molecule has 3 aromatic rings. The van der Waals surface area contributed by atoms with E-state index < -0.39 is 0 Å². The Kier molecular flexibility index (Phi) is 4.69. The summed E-state index contributed by atoms with van der Waals surface area (Å²) < 4.78 is 0. The van der Waals surface area contributed by atoms with Gasteiger partial charge in [-0.05, 0) is 41.7 Å². The van der Waals surface area contributed by atoms with Crippen molar-refractivity contribution >= 4 is 17.9 Å². The van der Waals surface area contributed by atoms with Gasteiger partial charge in [-0.1, -0.05) is 60.0 Å². The van der Waals surface area contributed by atoms with E-state index in [0.717, 1.165) is 22.3 Å². The molecule has 2 aromatic carbocycles. The molecule has 0 bridgehead atoms. The maximum atomic E-state index is 10.7. The van der Waals surface area contributed by atoms with Crippen LogP contribution >= 0.6 is 11.6 Å². The average Bonchev–Trinajstić information content (AvgIpc) is 2.62. The van der Waals surface area contributed by atoms with Crippen LogP contribution in [0.5, 0.6) is 0 Å². The summed E-state index contributed by atoms with van der Waals surface area (Å²) in [6.45, 7) is 2.04. The van der Waals surface area contributed by atoms with E-state index in [1.54, 1.807) is 6.07 Å². The van der Waals surface area contributed by atoms with E-state index in [2.05, 4.69) is 40.2 Å². The summed E-state index contributed by atoms with van der Waals surface area (Å²) >= 11 is 5.95. The SMILES string of the molecule is Cc1c(C#Cc2cc(Cl)c(C=O)nn2)cccc1-c1ccccc1. The predicted octanol–water partition coefficient (Wildman–Crippen LogP) is 4.32. The first-order valence-corrected chi connectivity index (χ1v) is 7.72. The fourth-order valence-corrected chi connectivity index (χ4v) is 2.54. The quantitative estimate of drug-likeness (QED) is 0.518. The Balaban J connectivity index is 1.98. The normalized spacial score (nSPS) is 9.92. The third-order valence-electron chi connectivity index (χ3n) is 3.63. The molecule has 0 atom stereocenters. The summed E-state index contributed by atoms with van der Waals surface area (Å²) in [7, 11) is 0. The first-order valence-electron chi connectivity index (χ1n) is 7.34. The Morgan fingerprint density at radius 2 is 1.79 bits per heavy atom. The number of halogens is 1.